The Bertz CT molecular complexity index is 892. The highest BCUT2D eigenvalue weighted by Crippen LogP contribution is 2.62. The summed E-state index contributed by atoms with van der Waals surface area (Å²) >= 11 is 0. The van der Waals surface area contributed by atoms with Gasteiger partial charge in [0.2, 0.25) is 12.1 Å². The van der Waals surface area contributed by atoms with E-state index in [4.69, 9.17) is 18.9 Å². The minimum absolute atomic E-state index is 0.195. The maximum Gasteiger partial charge on any atom is 0.342 e. The second-order valence-electron chi connectivity index (χ2n) is 9.04. The molecule has 4 rings (SSSR count). The van der Waals surface area contributed by atoms with E-state index in [1.54, 1.807) is 32.9 Å². The average molecular weight is 416 g/mol. The van der Waals surface area contributed by atoms with Gasteiger partial charge in [-0.05, 0) is 24.1 Å². The van der Waals surface area contributed by atoms with Crippen molar-refractivity contribution in [3.63, 3.8) is 0 Å². The molecule has 0 unspecified atom stereocenters. The molecule has 1 spiro atoms. The third-order valence-corrected chi connectivity index (χ3v) is 6.78. The lowest BCUT2D eigenvalue weighted by Gasteiger charge is -2.45. The Morgan fingerprint density at radius 2 is 1.90 bits per heavy atom. The molecule has 0 radical (unpaired) electrons. The van der Waals surface area contributed by atoms with Crippen LogP contribution in [0.4, 0.5) is 0 Å². The zero-order chi connectivity index (χ0) is 21.9. The van der Waals surface area contributed by atoms with Gasteiger partial charge in [-0.1, -0.05) is 51.1 Å². The van der Waals surface area contributed by atoms with Crippen molar-refractivity contribution >= 4 is 11.8 Å². The normalized spacial score (nSPS) is 37.9. The number of ketones is 1. The molecule has 1 N–H and O–H groups in total. The van der Waals surface area contributed by atoms with Gasteiger partial charge in [0.25, 0.3) is 0 Å². The summed E-state index contributed by atoms with van der Waals surface area (Å²) in [5.41, 5.74) is -1.25. The van der Waals surface area contributed by atoms with Crippen LogP contribution in [0, 0.1) is 11.3 Å². The number of rotatable bonds is 4. The molecule has 2 saturated heterocycles. The number of ether oxygens (including phenoxy) is 4. The first-order valence-electron chi connectivity index (χ1n) is 10.2. The predicted octanol–water partition coefficient (Wildman–Crippen LogP) is 2.68. The minimum atomic E-state index is -1.52. The van der Waals surface area contributed by atoms with Crippen molar-refractivity contribution in [2.45, 2.75) is 64.0 Å². The van der Waals surface area contributed by atoms with Crippen LogP contribution < -0.4 is 0 Å². The summed E-state index contributed by atoms with van der Waals surface area (Å²) in [5, 5.41) is 11.8. The minimum Gasteiger partial charge on any atom is -0.433 e. The van der Waals surface area contributed by atoms with E-state index in [1.165, 1.54) is 13.2 Å². The van der Waals surface area contributed by atoms with Gasteiger partial charge in [-0.15, -0.1) is 0 Å². The van der Waals surface area contributed by atoms with Crippen molar-refractivity contribution in [2.24, 2.45) is 11.3 Å². The van der Waals surface area contributed by atoms with Crippen LogP contribution in [0.15, 0.2) is 42.0 Å². The lowest BCUT2D eigenvalue weighted by molar-refractivity contribution is -0.300. The van der Waals surface area contributed by atoms with E-state index in [0.29, 0.717) is 11.1 Å². The molecule has 0 aromatic heterocycles. The fourth-order valence-corrected chi connectivity index (χ4v) is 5.21. The lowest BCUT2D eigenvalue weighted by atomic mass is 9.61. The molecule has 2 aliphatic heterocycles. The molecule has 2 heterocycles. The van der Waals surface area contributed by atoms with Crippen LogP contribution in [0.1, 0.15) is 45.8 Å². The van der Waals surface area contributed by atoms with Crippen LogP contribution in [-0.4, -0.2) is 47.8 Å². The molecule has 2 bridgehead atoms. The standard InChI is InChI=1S/C23H28O7/c1-13-12-22(23(26)14(2)11-16(24)18(29-22)21(23,3)4)30-20(13)28-19(25)17(27-5)15-9-7-6-8-10-15/h6-11,13,17-18,20,26H,12H2,1-5H3/t13-,17-,18-,20+,22-,23-/m1/s1. The van der Waals surface area contributed by atoms with Gasteiger partial charge >= 0.3 is 5.97 Å². The summed E-state index contributed by atoms with van der Waals surface area (Å²) in [7, 11) is 1.44. The van der Waals surface area contributed by atoms with E-state index in [2.05, 4.69) is 0 Å². The molecule has 1 aromatic rings. The van der Waals surface area contributed by atoms with Gasteiger partial charge in [0.1, 0.15) is 11.7 Å². The van der Waals surface area contributed by atoms with E-state index < -0.39 is 41.3 Å². The number of hydrogen-bond acceptors (Lipinski definition) is 7. The summed E-state index contributed by atoms with van der Waals surface area (Å²) in [4.78, 5) is 25.4. The first-order valence-corrected chi connectivity index (χ1v) is 10.2. The van der Waals surface area contributed by atoms with Gasteiger partial charge < -0.3 is 24.1 Å². The molecule has 162 valence electrons. The zero-order valence-electron chi connectivity index (χ0n) is 17.9. The van der Waals surface area contributed by atoms with Crippen LogP contribution in [0.2, 0.25) is 0 Å². The van der Waals surface area contributed by atoms with E-state index in [9.17, 15) is 14.7 Å². The number of hydrogen-bond donors (Lipinski definition) is 1. The molecule has 7 heteroatoms. The molecule has 0 amide bonds. The van der Waals surface area contributed by atoms with Crippen LogP contribution in [0.5, 0.6) is 0 Å². The first-order chi connectivity index (χ1) is 14.1. The van der Waals surface area contributed by atoms with E-state index in [-0.39, 0.29) is 18.1 Å². The van der Waals surface area contributed by atoms with Crippen molar-refractivity contribution in [3.05, 3.63) is 47.5 Å². The van der Waals surface area contributed by atoms with Gasteiger partial charge in [0.15, 0.2) is 11.9 Å². The topological polar surface area (TPSA) is 91.3 Å². The molecular formula is C23H28O7. The molecule has 3 aliphatic rings. The van der Waals surface area contributed by atoms with Crippen LogP contribution in [0.3, 0.4) is 0 Å². The Hall–Kier alpha value is -2.06. The maximum atomic E-state index is 12.8. The molecule has 6 atom stereocenters. The highest BCUT2D eigenvalue weighted by Gasteiger charge is 2.76. The number of esters is 1. The average Bonchev–Trinajstić information content (AvgIpc) is 3.06. The SMILES string of the molecule is CO[C@@H](C(=O)O[C@H]1O[C@@]2(C[C@H]1C)O[C@@H]1C(=O)C=C(C)[C@@]2(O)C1(C)C)c1ccccc1. The number of benzene rings is 1. The van der Waals surface area contributed by atoms with Gasteiger partial charge in [-0.3, -0.25) is 4.79 Å². The van der Waals surface area contributed by atoms with Crippen molar-refractivity contribution in [3.8, 4) is 0 Å². The summed E-state index contributed by atoms with van der Waals surface area (Å²) in [6.07, 6.45) is -0.966. The van der Waals surface area contributed by atoms with Gasteiger partial charge in [-0.2, -0.15) is 0 Å². The number of fused-ring (bicyclic) bond motifs is 3. The Labute approximate surface area is 175 Å². The fourth-order valence-electron chi connectivity index (χ4n) is 5.21. The fraction of sp³-hybridized carbons (Fsp3) is 0.565. The van der Waals surface area contributed by atoms with Crippen LogP contribution in [-0.2, 0) is 28.5 Å². The molecular weight excluding hydrogens is 388 g/mol. The third kappa shape index (κ3) is 2.73. The second kappa shape index (κ2) is 6.99. The summed E-state index contributed by atoms with van der Waals surface area (Å²) in [6.45, 7) is 7.16. The zero-order valence-corrected chi connectivity index (χ0v) is 17.9. The van der Waals surface area contributed by atoms with Gasteiger partial charge in [0.05, 0.1) is 0 Å². The molecule has 7 nitrogen and oxygen atoms in total. The molecule has 1 aliphatic carbocycles. The maximum absolute atomic E-state index is 12.8. The largest absolute Gasteiger partial charge is 0.433 e. The third-order valence-electron chi connectivity index (χ3n) is 6.78. The smallest absolute Gasteiger partial charge is 0.342 e. The molecule has 1 aromatic carbocycles. The second-order valence-corrected chi connectivity index (χ2v) is 9.04. The number of carbonyl (C=O) groups excluding carboxylic acids is 2. The van der Waals surface area contributed by atoms with Crippen LogP contribution in [0.25, 0.3) is 0 Å². The van der Waals surface area contributed by atoms with E-state index in [0.717, 1.165) is 0 Å². The number of carbonyl (C=O) groups is 2. The lowest BCUT2D eigenvalue weighted by Crippen LogP contribution is -2.60. The van der Waals surface area contributed by atoms with Crippen molar-refractivity contribution < 1.29 is 33.6 Å². The summed E-state index contributed by atoms with van der Waals surface area (Å²) in [6, 6.07) is 9.04. The summed E-state index contributed by atoms with van der Waals surface area (Å²) in [5.74, 6) is -2.51. The summed E-state index contributed by atoms with van der Waals surface area (Å²) < 4.78 is 23.2. The number of aliphatic hydroxyl groups is 1. The Balaban J connectivity index is 1.59. The highest BCUT2D eigenvalue weighted by atomic mass is 16.8. The van der Waals surface area contributed by atoms with Crippen LogP contribution >= 0.6 is 0 Å². The molecule has 30 heavy (non-hydrogen) atoms. The van der Waals surface area contributed by atoms with Crippen molar-refractivity contribution in [1.29, 1.82) is 0 Å². The van der Waals surface area contributed by atoms with E-state index in [1.807, 2.05) is 25.1 Å². The van der Waals surface area contributed by atoms with Crippen molar-refractivity contribution in [1.82, 2.24) is 0 Å². The monoisotopic (exact) mass is 416 g/mol. The molecule has 0 saturated carbocycles. The highest BCUT2D eigenvalue weighted by molar-refractivity contribution is 5.97. The Kier molecular flexibility index (Phi) is 4.93. The van der Waals surface area contributed by atoms with E-state index >= 15 is 0 Å². The Morgan fingerprint density at radius 1 is 1.23 bits per heavy atom. The van der Waals surface area contributed by atoms with Crippen molar-refractivity contribution in [2.75, 3.05) is 7.11 Å². The first kappa shape index (κ1) is 21.2. The van der Waals surface area contributed by atoms with Gasteiger partial charge in [0, 0.05) is 24.9 Å². The molecule has 2 fully saturated rings. The number of methoxy groups -OCH3 is 1. The van der Waals surface area contributed by atoms with Gasteiger partial charge in [-0.25, -0.2) is 4.79 Å². The predicted molar refractivity (Wildman–Crippen MR) is 106 cm³/mol. The quantitative estimate of drug-likeness (QED) is 0.755. The Morgan fingerprint density at radius 3 is 2.53 bits per heavy atom.